The molecule has 2 aromatic rings. The number of nitrogen functional groups attached to an aromatic ring is 1. The van der Waals surface area contributed by atoms with E-state index >= 15 is 0 Å². The number of halogens is 1. The second-order valence-corrected chi connectivity index (χ2v) is 3.27. The molecule has 1 aromatic carbocycles. The Morgan fingerprint density at radius 3 is 2.88 bits per heavy atom. The smallest absolute Gasteiger partial charge is 0.165 e. The molecule has 5 nitrogen and oxygen atoms in total. The molecule has 0 atom stereocenters. The molecule has 0 bridgehead atoms. The van der Waals surface area contributed by atoms with Crippen LogP contribution in [0.15, 0.2) is 24.5 Å². The van der Waals surface area contributed by atoms with Crippen molar-refractivity contribution in [3.63, 3.8) is 0 Å². The Hall–Kier alpha value is -2.24. The number of hydrogen-bond donors (Lipinski definition) is 1. The van der Waals surface area contributed by atoms with Crippen LogP contribution in [0.25, 0.3) is 11.3 Å². The van der Waals surface area contributed by atoms with Gasteiger partial charge in [-0.3, -0.25) is 0 Å². The highest BCUT2D eigenvalue weighted by molar-refractivity contribution is 5.69. The number of nitrogens with two attached hydrogens (primary N) is 1. The van der Waals surface area contributed by atoms with Gasteiger partial charge in [0.2, 0.25) is 0 Å². The standard InChI is InChI=1S/C11H11FN4O/c1-2-17-9-4-3-7(5-8(9)12)10-11(13)14-6-15-16-10/h3-6H,2H2,1H3,(H2,13,14,15). The lowest BCUT2D eigenvalue weighted by Gasteiger charge is -2.06. The molecule has 88 valence electrons. The van der Waals surface area contributed by atoms with E-state index in [-0.39, 0.29) is 11.6 Å². The molecule has 0 spiro atoms. The van der Waals surface area contributed by atoms with Crippen molar-refractivity contribution in [3.8, 4) is 17.0 Å². The Morgan fingerprint density at radius 1 is 1.41 bits per heavy atom. The van der Waals surface area contributed by atoms with Crippen molar-refractivity contribution in [3.05, 3.63) is 30.3 Å². The second kappa shape index (κ2) is 4.73. The monoisotopic (exact) mass is 234 g/mol. The van der Waals surface area contributed by atoms with Gasteiger partial charge in [-0.1, -0.05) is 0 Å². The number of benzene rings is 1. The highest BCUT2D eigenvalue weighted by atomic mass is 19.1. The molecule has 17 heavy (non-hydrogen) atoms. The van der Waals surface area contributed by atoms with Gasteiger partial charge in [-0.15, -0.1) is 10.2 Å². The lowest BCUT2D eigenvalue weighted by atomic mass is 10.1. The van der Waals surface area contributed by atoms with Crippen LogP contribution in [-0.4, -0.2) is 21.8 Å². The van der Waals surface area contributed by atoms with Crippen molar-refractivity contribution in [2.24, 2.45) is 0 Å². The fourth-order valence-corrected chi connectivity index (χ4v) is 1.41. The van der Waals surface area contributed by atoms with Gasteiger partial charge >= 0.3 is 0 Å². The van der Waals surface area contributed by atoms with Crippen molar-refractivity contribution >= 4 is 5.82 Å². The summed E-state index contributed by atoms with van der Waals surface area (Å²) in [4.78, 5) is 3.79. The van der Waals surface area contributed by atoms with E-state index in [2.05, 4.69) is 15.2 Å². The van der Waals surface area contributed by atoms with Gasteiger partial charge in [-0.2, -0.15) is 0 Å². The first-order valence-corrected chi connectivity index (χ1v) is 5.08. The molecule has 0 amide bonds. The van der Waals surface area contributed by atoms with Crippen LogP contribution in [0.4, 0.5) is 10.2 Å². The van der Waals surface area contributed by atoms with Gasteiger partial charge < -0.3 is 10.5 Å². The molecule has 2 rings (SSSR count). The van der Waals surface area contributed by atoms with E-state index < -0.39 is 5.82 Å². The Balaban J connectivity index is 2.41. The third-order valence-corrected chi connectivity index (χ3v) is 2.15. The first-order chi connectivity index (χ1) is 8.22. The van der Waals surface area contributed by atoms with E-state index in [4.69, 9.17) is 10.5 Å². The quantitative estimate of drug-likeness (QED) is 0.874. The van der Waals surface area contributed by atoms with E-state index in [9.17, 15) is 4.39 Å². The van der Waals surface area contributed by atoms with Gasteiger partial charge in [0.05, 0.1) is 6.61 Å². The molecule has 0 saturated heterocycles. The summed E-state index contributed by atoms with van der Waals surface area (Å²) >= 11 is 0. The van der Waals surface area contributed by atoms with Crippen molar-refractivity contribution in [1.82, 2.24) is 15.2 Å². The number of nitrogens with zero attached hydrogens (tertiary/aromatic N) is 3. The number of aromatic nitrogens is 3. The highest BCUT2D eigenvalue weighted by Crippen LogP contribution is 2.26. The summed E-state index contributed by atoms with van der Waals surface area (Å²) in [7, 11) is 0. The van der Waals surface area contributed by atoms with Gasteiger partial charge in [0.1, 0.15) is 12.0 Å². The molecular weight excluding hydrogens is 223 g/mol. The molecule has 0 fully saturated rings. The Kier molecular flexibility index (Phi) is 3.13. The van der Waals surface area contributed by atoms with Crippen molar-refractivity contribution in [2.75, 3.05) is 12.3 Å². The largest absolute Gasteiger partial charge is 0.491 e. The predicted octanol–water partition coefficient (Wildman–Crippen LogP) is 1.66. The first-order valence-electron chi connectivity index (χ1n) is 5.08. The Labute approximate surface area is 97.5 Å². The fourth-order valence-electron chi connectivity index (χ4n) is 1.41. The summed E-state index contributed by atoms with van der Waals surface area (Å²) in [6.07, 6.45) is 1.24. The van der Waals surface area contributed by atoms with Gasteiger partial charge in [-0.25, -0.2) is 9.37 Å². The minimum absolute atomic E-state index is 0.201. The second-order valence-electron chi connectivity index (χ2n) is 3.27. The maximum absolute atomic E-state index is 13.6. The Bertz CT molecular complexity index is 533. The summed E-state index contributed by atoms with van der Waals surface area (Å²) in [5.41, 5.74) is 6.51. The summed E-state index contributed by atoms with van der Waals surface area (Å²) in [6, 6.07) is 4.49. The Morgan fingerprint density at radius 2 is 2.24 bits per heavy atom. The lowest BCUT2D eigenvalue weighted by molar-refractivity contribution is 0.321. The fraction of sp³-hybridized carbons (Fsp3) is 0.182. The maximum atomic E-state index is 13.6. The topological polar surface area (TPSA) is 73.9 Å². The summed E-state index contributed by atoms with van der Waals surface area (Å²) in [5.74, 6) is -0.0513. The molecule has 2 N–H and O–H groups in total. The predicted molar refractivity (Wildman–Crippen MR) is 60.8 cm³/mol. The minimum Gasteiger partial charge on any atom is -0.491 e. The molecular formula is C11H11FN4O. The third-order valence-electron chi connectivity index (χ3n) is 2.15. The number of hydrogen-bond acceptors (Lipinski definition) is 5. The summed E-state index contributed by atoms with van der Waals surface area (Å²) in [6.45, 7) is 2.20. The zero-order chi connectivity index (χ0) is 12.3. The van der Waals surface area contributed by atoms with Crippen LogP contribution < -0.4 is 10.5 Å². The molecule has 1 heterocycles. The third kappa shape index (κ3) is 2.30. The molecule has 0 aliphatic rings. The maximum Gasteiger partial charge on any atom is 0.165 e. The van der Waals surface area contributed by atoms with E-state index in [1.807, 2.05) is 0 Å². The average molecular weight is 234 g/mol. The average Bonchev–Trinajstić information content (AvgIpc) is 2.33. The zero-order valence-corrected chi connectivity index (χ0v) is 9.22. The molecule has 6 heteroatoms. The van der Waals surface area contributed by atoms with Gasteiger partial charge in [0.25, 0.3) is 0 Å². The van der Waals surface area contributed by atoms with Crippen LogP contribution in [-0.2, 0) is 0 Å². The number of ether oxygens (including phenoxy) is 1. The molecule has 0 aliphatic carbocycles. The minimum atomic E-state index is -0.464. The molecule has 0 aliphatic heterocycles. The molecule has 1 aromatic heterocycles. The van der Waals surface area contributed by atoms with Gasteiger partial charge in [0.15, 0.2) is 17.4 Å². The normalized spacial score (nSPS) is 10.2. The summed E-state index contributed by atoms with van der Waals surface area (Å²) < 4.78 is 18.7. The number of anilines is 1. The van der Waals surface area contributed by atoms with Crippen LogP contribution in [0, 0.1) is 5.82 Å². The van der Waals surface area contributed by atoms with Crippen LogP contribution in [0.2, 0.25) is 0 Å². The van der Waals surface area contributed by atoms with Crippen molar-refractivity contribution < 1.29 is 9.13 Å². The molecule has 0 radical (unpaired) electrons. The number of rotatable bonds is 3. The van der Waals surface area contributed by atoms with Gasteiger partial charge in [0, 0.05) is 5.56 Å². The highest BCUT2D eigenvalue weighted by Gasteiger charge is 2.10. The van der Waals surface area contributed by atoms with Crippen molar-refractivity contribution in [1.29, 1.82) is 0 Å². The first kappa shape index (κ1) is 11.3. The van der Waals surface area contributed by atoms with Crippen LogP contribution in [0.5, 0.6) is 5.75 Å². The molecule has 0 saturated carbocycles. The van der Waals surface area contributed by atoms with Crippen molar-refractivity contribution in [2.45, 2.75) is 6.92 Å². The van der Waals surface area contributed by atoms with Crippen LogP contribution >= 0.6 is 0 Å². The summed E-state index contributed by atoms with van der Waals surface area (Å²) in [5, 5.41) is 7.44. The van der Waals surface area contributed by atoms with E-state index in [1.54, 1.807) is 13.0 Å². The van der Waals surface area contributed by atoms with E-state index in [0.717, 1.165) is 0 Å². The van der Waals surface area contributed by atoms with E-state index in [0.29, 0.717) is 17.9 Å². The molecule has 0 unspecified atom stereocenters. The lowest BCUT2D eigenvalue weighted by Crippen LogP contribution is -1.99. The van der Waals surface area contributed by atoms with E-state index in [1.165, 1.54) is 18.5 Å². The zero-order valence-electron chi connectivity index (χ0n) is 9.22. The van der Waals surface area contributed by atoms with Crippen LogP contribution in [0.3, 0.4) is 0 Å². The van der Waals surface area contributed by atoms with Crippen LogP contribution in [0.1, 0.15) is 6.92 Å². The van der Waals surface area contributed by atoms with Gasteiger partial charge in [-0.05, 0) is 25.1 Å². The SMILES string of the molecule is CCOc1ccc(-c2nncnc2N)cc1F.